The van der Waals surface area contributed by atoms with Crippen LogP contribution >= 0.6 is 0 Å². The van der Waals surface area contributed by atoms with E-state index in [1.165, 1.54) is 31.4 Å². The van der Waals surface area contributed by atoms with Gasteiger partial charge in [0.2, 0.25) is 0 Å². The highest BCUT2D eigenvalue weighted by molar-refractivity contribution is 7.90. The molecule has 1 aliphatic rings. The van der Waals surface area contributed by atoms with E-state index in [-0.39, 0.29) is 16.6 Å². The number of carbonyl (C=O) groups is 1. The van der Waals surface area contributed by atoms with Crippen molar-refractivity contribution in [2.45, 2.75) is 29.9 Å². The van der Waals surface area contributed by atoms with Crippen molar-refractivity contribution in [1.82, 2.24) is 15.0 Å². The molecule has 0 bridgehead atoms. The van der Waals surface area contributed by atoms with Gasteiger partial charge in [-0.1, -0.05) is 24.3 Å². The van der Waals surface area contributed by atoms with Gasteiger partial charge in [0.15, 0.2) is 0 Å². The fourth-order valence-corrected chi connectivity index (χ4v) is 5.62. The van der Waals surface area contributed by atoms with Crippen molar-refractivity contribution in [2.75, 3.05) is 20.2 Å². The third-order valence-corrected chi connectivity index (χ3v) is 8.29. The normalized spacial score (nSPS) is 15.3. The van der Waals surface area contributed by atoms with E-state index < -0.39 is 22.0 Å². The molecular formula is C31H31N3O6S. The van der Waals surface area contributed by atoms with Gasteiger partial charge in [0.05, 0.1) is 18.1 Å². The molecule has 0 radical (unpaired) electrons. The highest BCUT2D eigenvalue weighted by Gasteiger charge is 2.22. The van der Waals surface area contributed by atoms with Gasteiger partial charge in [-0.3, -0.25) is 9.78 Å². The van der Waals surface area contributed by atoms with Crippen LogP contribution in [0.15, 0.2) is 96.2 Å². The van der Waals surface area contributed by atoms with Crippen LogP contribution in [0.5, 0.6) is 11.5 Å². The lowest BCUT2D eigenvalue weighted by Crippen LogP contribution is -2.36. The summed E-state index contributed by atoms with van der Waals surface area (Å²) >= 11 is 0. The number of nitrogens with zero attached hydrogens (tertiary/aromatic N) is 1. The molecule has 0 saturated carbocycles. The van der Waals surface area contributed by atoms with Gasteiger partial charge in [0, 0.05) is 36.6 Å². The number of methoxy groups -OCH3 is 1. The van der Waals surface area contributed by atoms with Gasteiger partial charge >= 0.3 is 0 Å². The molecule has 1 aliphatic heterocycles. The SMILES string of the molecule is COc1ccc(C(=O)NS(=O)(=O)c2ccc(-c3ccc4c(c3)CCC(CNCC(O)c3cccnc3)O4)cc2)cc1. The quantitative estimate of drug-likeness (QED) is 0.261. The Morgan fingerprint density at radius 3 is 2.54 bits per heavy atom. The number of nitrogens with one attached hydrogen (secondary N) is 2. The number of aromatic nitrogens is 1. The van der Waals surface area contributed by atoms with Crippen LogP contribution in [0.4, 0.5) is 0 Å². The first-order valence-electron chi connectivity index (χ1n) is 13.2. The average molecular weight is 574 g/mol. The number of rotatable bonds is 10. The number of carbonyl (C=O) groups excluding carboxylic acids is 1. The molecule has 0 spiro atoms. The predicted molar refractivity (Wildman–Crippen MR) is 154 cm³/mol. The molecule has 0 fully saturated rings. The van der Waals surface area contributed by atoms with Gasteiger partial charge in [-0.2, -0.15) is 0 Å². The van der Waals surface area contributed by atoms with Crippen LogP contribution in [0.2, 0.25) is 0 Å². The molecular weight excluding hydrogens is 542 g/mol. The van der Waals surface area contributed by atoms with Gasteiger partial charge in [-0.25, -0.2) is 13.1 Å². The van der Waals surface area contributed by atoms with Crippen LogP contribution in [0.3, 0.4) is 0 Å². The highest BCUT2D eigenvalue weighted by atomic mass is 32.2. The number of hydrogen-bond acceptors (Lipinski definition) is 8. The van der Waals surface area contributed by atoms with E-state index >= 15 is 0 Å². The van der Waals surface area contributed by atoms with Crippen LogP contribution in [0, 0.1) is 0 Å². The fourth-order valence-electron chi connectivity index (χ4n) is 4.65. The molecule has 2 heterocycles. The number of aliphatic hydroxyl groups excluding tert-OH is 1. The minimum Gasteiger partial charge on any atom is -0.497 e. The number of sulfonamides is 1. The van der Waals surface area contributed by atoms with Gasteiger partial charge in [-0.05, 0) is 84.1 Å². The predicted octanol–water partition coefficient (Wildman–Crippen LogP) is 3.89. The molecule has 9 nitrogen and oxygen atoms in total. The summed E-state index contributed by atoms with van der Waals surface area (Å²) in [6.07, 6.45) is 4.36. The summed E-state index contributed by atoms with van der Waals surface area (Å²) in [6, 6.07) is 22.2. The average Bonchev–Trinajstić information content (AvgIpc) is 3.01. The zero-order valence-corrected chi connectivity index (χ0v) is 23.3. The standard InChI is InChI=1S/C31H31N3O6S/c1-39-26-10-4-22(5-11-26)31(36)34-41(37,38)28-13-7-21(8-14-28)23-9-15-30-24(17-23)6-12-27(40-30)19-33-20-29(35)25-3-2-16-32-18-25/h2-5,7-11,13-18,27,29,33,35H,6,12,19-20H2,1H3,(H,34,36). The third kappa shape index (κ3) is 6.91. The summed E-state index contributed by atoms with van der Waals surface area (Å²) in [4.78, 5) is 16.5. The minimum atomic E-state index is -4.05. The molecule has 5 rings (SSSR count). The maximum atomic E-state index is 12.8. The van der Waals surface area contributed by atoms with Crippen molar-refractivity contribution in [3.8, 4) is 22.6 Å². The number of fused-ring (bicyclic) bond motifs is 1. The van der Waals surface area contributed by atoms with Crippen molar-refractivity contribution < 1.29 is 27.8 Å². The molecule has 10 heteroatoms. The Bertz CT molecular complexity index is 1590. The van der Waals surface area contributed by atoms with Crippen molar-refractivity contribution in [1.29, 1.82) is 0 Å². The fraction of sp³-hybridized carbons (Fsp3) is 0.226. The molecule has 1 amide bonds. The monoisotopic (exact) mass is 573 g/mol. The molecule has 2 unspecified atom stereocenters. The Labute approximate surface area is 239 Å². The van der Waals surface area contributed by atoms with Crippen molar-refractivity contribution in [3.05, 3.63) is 108 Å². The molecule has 2 atom stereocenters. The number of pyridine rings is 1. The van der Waals surface area contributed by atoms with E-state index in [2.05, 4.69) is 21.1 Å². The Balaban J connectivity index is 1.17. The summed E-state index contributed by atoms with van der Waals surface area (Å²) in [5.41, 5.74) is 3.85. The first-order chi connectivity index (χ1) is 19.8. The van der Waals surface area contributed by atoms with E-state index in [9.17, 15) is 18.3 Å². The molecule has 4 aromatic rings. The Morgan fingerprint density at radius 2 is 1.83 bits per heavy atom. The van der Waals surface area contributed by atoms with Crippen LogP contribution < -0.4 is 19.5 Å². The molecule has 1 aromatic heterocycles. The molecule has 3 N–H and O–H groups in total. The zero-order chi connectivity index (χ0) is 28.8. The number of aliphatic hydroxyl groups is 1. The van der Waals surface area contributed by atoms with Gasteiger partial charge in [0.1, 0.15) is 17.6 Å². The second-order valence-corrected chi connectivity index (χ2v) is 11.4. The lowest BCUT2D eigenvalue weighted by atomic mass is 9.97. The van der Waals surface area contributed by atoms with Crippen LogP contribution in [-0.4, -0.2) is 50.7 Å². The van der Waals surface area contributed by atoms with Gasteiger partial charge in [-0.15, -0.1) is 0 Å². The van der Waals surface area contributed by atoms with Gasteiger partial charge in [0.25, 0.3) is 15.9 Å². The van der Waals surface area contributed by atoms with E-state index in [1.807, 2.05) is 18.2 Å². The number of hydrogen-bond donors (Lipinski definition) is 3. The summed E-state index contributed by atoms with van der Waals surface area (Å²) < 4.78 is 39.0. The lowest BCUT2D eigenvalue weighted by molar-refractivity contribution is 0.0981. The number of aryl methyl sites for hydroxylation is 1. The Kier molecular flexibility index (Phi) is 8.63. The Hall–Kier alpha value is -4.25. The number of benzene rings is 3. The molecule has 212 valence electrons. The largest absolute Gasteiger partial charge is 0.497 e. The minimum absolute atomic E-state index is 0.00612. The topological polar surface area (TPSA) is 127 Å². The second-order valence-electron chi connectivity index (χ2n) is 9.75. The molecule has 3 aromatic carbocycles. The van der Waals surface area contributed by atoms with E-state index in [0.29, 0.717) is 18.8 Å². The van der Waals surface area contributed by atoms with Crippen LogP contribution in [0.1, 0.15) is 34.0 Å². The first kappa shape index (κ1) is 28.3. The molecule has 0 saturated heterocycles. The highest BCUT2D eigenvalue weighted by Crippen LogP contribution is 2.32. The van der Waals surface area contributed by atoms with Gasteiger partial charge < -0.3 is 19.9 Å². The summed E-state index contributed by atoms with van der Waals surface area (Å²) in [7, 11) is -2.54. The van der Waals surface area contributed by atoms with Crippen LogP contribution in [-0.2, 0) is 16.4 Å². The van der Waals surface area contributed by atoms with Crippen molar-refractivity contribution in [2.24, 2.45) is 0 Å². The lowest BCUT2D eigenvalue weighted by Gasteiger charge is -2.27. The maximum Gasteiger partial charge on any atom is 0.265 e. The van der Waals surface area contributed by atoms with Crippen molar-refractivity contribution in [3.63, 3.8) is 0 Å². The summed E-state index contributed by atoms with van der Waals surface area (Å²) in [5.74, 6) is 0.670. The summed E-state index contributed by atoms with van der Waals surface area (Å²) in [6.45, 7) is 1.03. The smallest absolute Gasteiger partial charge is 0.265 e. The number of ether oxygens (including phenoxy) is 2. The molecule has 0 aliphatic carbocycles. The second kappa shape index (κ2) is 12.5. The third-order valence-electron chi connectivity index (χ3n) is 6.95. The van der Waals surface area contributed by atoms with E-state index in [0.717, 1.165) is 40.8 Å². The maximum absolute atomic E-state index is 12.8. The van der Waals surface area contributed by atoms with Crippen LogP contribution in [0.25, 0.3) is 11.1 Å². The first-order valence-corrected chi connectivity index (χ1v) is 14.7. The van der Waals surface area contributed by atoms with E-state index in [4.69, 9.17) is 9.47 Å². The number of amides is 1. The zero-order valence-electron chi connectivity index (χ0n) is 22.5. The van der Waals surface area contributed by atoms with E-state index in [1.54, 1.807) is 42.7 Å². The Morgan fingerprint density at radius 1 is 1.07 bits per heavy atom. The summed E-state index contributed by atoms with van der Waals surface area (Å²) in [5, 5.41) is 13.6. The molecule has 41 heavy (non-hydrogen) atoms. The van der Waals surface area contributed by atoms with Crippen molar-refractivity contribution >= 4 is 15.9 Å².